The topological polar surface area (TPSA) is 34.9 Å². The molecule has 0 unspecified atom stereocenters. The Kier molecular flexibility index (Phi) is 4.97. The van der Waals surface area contributed by atoms with Crippen LogP contribution in [0.1, 0.15) is 57.7 Å². The van der Waals surface area contributed by atoms with Gasteiger partial charge in [0.05, 0.1) is 6.42 Å². The number of hydrogen-bond acceptors (Lipinski definition) is 2. The molecule has 0 radical (unpaired) electrons. The molecule has 0 saturated heterocycles. The molecular weight excluding hydrogens is 224 g/mol. The Bertz CT molecular complexity index is 378. The lowest BCUT2D eigenvalue weighted by Gasteiger charge is -2.20. The number of hydrogen-bond donors (Lipinski definition) is 0. The van der Waals surface area contributed by atoms with E-state index in [4.69, 9.17) is 0 Å². The second kappa shape index (κ2) is 6.72. The van der Waals surface area contributed by atoms with Crippen molar-refractivity contribution in [3.8, 4) is 0 Å². The van der Waals surface area contributed by atoms with Crippen molar-refractivity contribution in [2.24, 2.45) is 5.92 Å². The summed E-state index contributed by atoms with van der Waals surface area (Å²) in [6.45, 7) is 2.98. The van der Waals surface area contributed by atoms with E-state index in [0.29, 0.717) is 12.2 Å². The molecule has 1 aromatic heterocycles. The number of carbonyl (C=O) groups is 1. The Morgan fingerprint density at radius 3 is 2.89 bits per heavy atom. The molecule has 1 aliphatic carbocycles. The maximum atomic E-state index is 12.0. The number of ketones is 1. The highest BCUT2D eigenvalue weighted by atomic mass is 16.1. The van der Waals surface area contributed by atoms with Crippen molar-refractivity contribution in [3.05, 3.63) is 18.2 Å². The molecule has 1 heterocycles. The van der Waals surface area contributed by atoms with Gasteiger partial charge in [-0.3, -0.25) is 4.79 Å². The minimum Gasteiger partial charge on any atom is -0.335 e. The van der Waals surface area contributed by atoms with Gasteiger partial charge in [-0.1, -0.05) is 32.1 Å². The van der Waals surface area contributed by atoms with E-state index in [-0.39, 0.29) is 0 Å². The second-order valence-corrected chi connectivity index (χ2v) is 5.39. The first-order chi connectivity index (χ1) is 8.79. The molecule has 1 fully saturated rings. The lowest BCUT2D eigenvalue weighted by molar-refractivity contribution is -0.118. The zero-order valence-electron chi connectivity index (χ0n) is 11.4. The molecule has 0 amide bonds. The standard InChI is InChI=1S/C15H24N2O/c1-2-17-11-10-16-15(17)12-14(18)9-8-13-6-4-3-5-7-13/h10-11,13H,2-9,12H2,1H3. The van der Waals surface area contributed by atoms with E-state index >= 15 is 0 Å². The Morgan fingerprint density at radius 1 is 1.39 bits per heavy atom. The van der Waals surface area contributed by atoms with E-state index in [1.807, 2.05) is 6.20 Å². The van der Waals surface area contributed by atoms with E-state index in [2.05, 4.69) is 16.5 Å². The molecule has 3 nitrogen and oxygen atoms in total. The van der Waals surface area contributed by atoms with Gasteiger partial charge in [-0.25, -0.2) is 4.98 Å². The van der Waals surface area contributed by atoms with Gasteiger partial charge in [-0.05, 0) is 19.3 Å². The Balaban J connectivity index is 1.74. The van der Waals surface area contributed by atoms with E-state index in [9.17, 15) is 4.79 Å². The van der Waals surface area contributed by atoms with Crippen LogP contribution in [-0.4, -0.2) is 15.3 Å². The van der Waals surface area contributed by atoms with Gasteiger partial charge in [0.1, 0.15) is 11.6 Å². The van der Waals surface area contributed by atoms with Crippen LogP contribution in [0.5, 0.6) is 0 Å². The average Bonchev–Trinajstić information content (AvgIpc) is 2.85. The number of imidazole rings is 1. The van der Waals surface area contributed by atoms with E-state index in [1.54, 1.807) is 6.20 Å². The highest BCUT2D eigenvalue weighted by Gasteiger charge is 2.15. The molecule has 3 heteroatoms. The number of aromatic nitrogens is 2. The lowest BCUT2D eigenvalue weighted by atomic mass is 9.85. The number of carbonyl (C=O) groups excluding carboxylic acids is 1. The van der Waals surface area contributed by atoms with Crippen molar-refractivity contribution in [3.63, 3.8) is 0 Å². The summed E-state index contributed by atoms with van der Waals surface area (Å²) in [5.41, 5.74) is 0. The van der Waals surface area contributed by atoms with E-state index in [1.165, 1.54) is 32.1 Å². The molecule has 2 rings (SSSR count). The van der Waals surface area contributed by atoms with Crippen LogP contribution in [0.2, 0.25) is 0 Å². The predicted octanol–water partition coefficient (Wildman–Crippen LogP) is 3.38. The highest BCUT2D eigenvalue weighted by molar-refractivity contribution is 5.80. The Labute approximate surface area is 110 Å². The zero-order valence-corrected chi connectivity index (χ0v) is 11.4. The van der Waals surface area contributed by atoms with Gasteiger partial charge in [0.2, 0.25) is 0 Å². The smallest absolute Gasteiger partial charge is 0.140 e. The number of rotatable bonds is 6. The van der Waals surface area contributed by atoms with Crippen LogP contribution < -0.4 is 0 Å². The fraction of sp³-hybridized carbons (Fsp3) is 0.733. The molecule has 0 N–H and O–H groups in total. The number of Topliss-reactive ketones (excluding diaryl/α,β-unsaturated/α-hetero) is 1. The molecule has 0 aliphatic heterocycles. The van der Waals surface area contributed by atoms with Gasteiger partial charge in [0.25, 0.3) is 0 Å². The van der Waals surface area contributed by atoms with Gasteiger partial charge < -0.3 is 4.57 Å². The van der Waals surface area contributed by atoms with Gasteiger partial charge in [-0.15, -0.1) is 0 Å². The van der Waals surface area contributed by atoms with Gasteiger partial charge in [-0.2, -0.15) is 0 Å². The molecule has 0 aromatic carbocycles. The average molecular weight is 248 g/mol. The van der Waals surface area contributed by atoms with E-state index < -0.39 is 0 Å². The third kappa shape index (κ3) is 3.69. The first-order valence-electron chi connectivity index (χ1n) is 7.31. The monoisotopic (exact) mass is 248 g/mol. The summed E-state index contributed by atoms with van der Waals surface area (Å²) in [4.78, 5) is 16.2. The maximum absolute atomic E-state index is 12.0. The summed E-state index contributed by atoms with van der Waals surface area (Å²) in [5.74, 6) is 2.07. The maximum Gasteiger partial charge on any atom is 0.140 e. The number of aryl methyl sites for hydroxylation is 1. The van der Waals surface area contributed by atoms with Crippen molar-refractivity contribution in [2.75, 3.05) is 0 Å². The van der Waals surface area contributed by atoms with Crippen molar-refractivity contribution in [2.45, 2.75) is 64.8 Å². The summed E-state index contributed by atoms with van der Waals surface area (Å²) in [6, 6.07) is 0. The molecular formula is C15H24N2O. The van der Waals surface area contributed by atoms with Crippen LogP contribution in [0, 0.1) is 5.92 Å². The molecule has 100 valence electrons. The van der Waals surface area contributed by atoms with Gasteiger partial charge >= 0.3 is 0 Å². The fourth-order valence-electron chi connectivity index (χ4n) is 2.90. The van der Waals surface area contributed by atoms with Crippen LogP contribution >= 0.6 is 0 Å². The molecule has 0 bridgehead atoms. The number of nitrogens with zero attached hydrogens (tertiary/aromatic N) is 2. The minimum absolute atomic E-state index is 0.349. The summed E-state index contributed by atoms with van der Waals surface area (Å²) in [6.07, 6.45) is 12.8. The van der Waals surface area contributed by atoms with Crippen molar-refractivity contribution >= 4 is 5.78 Å². The SMILES string of the molecule is CCn1ccnc1CC(=O)CCC1CCCCC1. The van der Waals surface area contributed by atoms with Crippen LogP contribution in [0.25, 0.3) is 0 Å². The third-order valence-corrected chi connectivity index (χ3v) is 4.05. The fourth-order valence-corrected chi connectivity index (χ4v) is 2.90. The van der Waals surface area contributed by atoms with Crippen molar-refractivity contribution < 1.29 is 4.79 Å². The lowest BCUT2D eigenvalue weighted by Crippen LogP contribution is -2.12. The third-order valence-electron chi connectivity index (χ3n) is 4.05. The van der Waals surface area contributed by atoms with Crippen molar-refractivity contribution in [1.29, 1.82) is 0 Å². The first-order valence-corrected chi connectivity index (χ1v) is 7.31. The summed E-state index contributed by atoms with van der Waals surface area (Å²) >= 11 is 0. The summed E-state index contributed by atoms with van der Waals surface area (Å²) in [5, 5.41) is 0. The Morgan fingerprint density at radius 2 is 2.17 bits per heavy atom. The molecule has 0 atom stereocenters. The molecule has 0 spiro atoms. The summed E-state index contributed by atoms with van der Waals surface area (Å²) in [7, 11) is 0. The first kappa shape index (κ1) is 13.3. The molecule has 1 aromatic rings. The highest BCUT2D eigenvalue weighted by Crippen LogP contribution is 2.27. The summed E-state index contributed by atoms with van der Waals surface area (Å²) < 4.78 is 2.05. The second-order valence-electron chi connectivity index (χ2n) is 5.39. The molecule has 18 heavy (non-hydrogen) atoms. The zero-order chi connectivity index (χ0) is 12.8. The quantitative estimate of drug-likeness (QED) is 0.773. The predicted molar refractivity (Wildman–Crippen MR) is 72.4 cm³/mol. The molecule has 1 saturated carbocycles. The van der Waals surface area contributed by atoms with Crippen LogP contribution in [0.3, 0.4) is 0 Å². The van der Waals surface area contributed by atoms with E-state index in [0.717, 1.165) is 31.1 Å². The minimum atomic E-state index is 0.349. The Hall–Kier alpha value is -1.12. The van der Waals surface area contributed by atoms with Crippen LogP contribution in [0.15, 0.2) is 12.4 Å². The molecule has 1 aliphatic rings. The van der Waals surface area contributed by atoms with Gasteiger partial charge in [0.15, 0.2) is 0 Å². The van der Waals surface area contributed by atoms with Crippen LogP contribution in [0.4, 0.5) is 0 Å². The van der Waals surface area contributed by atoms with Crippen LogP contribution in [-0.2, 0) is 17.8 Å². The largest absolute Gasteiger partial charge is 0.335 e. The normalized spacial score (nSPS) is 16.9. The van der Waals surface area contributed by atoms with Crippen molar-refractivity contribution in [1.82, 2.24) is 9.55 Å². The van der Waals surface area contributed by atoms with Gasteiger partial charge in [0, 0.05) is 25.4 Å².